The Morgan fingerprint density at radius 2 is 1.93 bits per heavy atom. The zero-order valence-corrected chi connectivity index (χ0v) is 16.3. The first-order valence-electron chi connectivity index (χ1n) is 9.56. The molecule has 1 aliphatic heterocycles. The largest absolute Gasteiger partial charge is 0.416 e. The fourth-order valence-electron chi connectivity index (χ4n) is 3.26. The number of allylic oxidation sites excluding steroid dienone is 2. The van der Waals surface area contributed by atoms with E-state index in [-0.39, 0.29) is 5.91 Å². The molecule has 4 rings (SSSR count). The SMILES string of the molecule is C=CC(=O)N1CCc2ccc(C3=C[CH]3)cc2C1.CCc1cccc(C(F)(F)F)c1. The number of rotatable bonds is 3. The van der Waals surface area contributed by atoms with E-state index in [0.717, 1.165) is 19.0 Å². The van der Waals surface area contributed by atoms with Gasteiger partial charge in [-0.15, -0.1) is 0 Å². The Hall–Kier alpha value is -2.82. The lowest BCUT2D eigenvalue weighted by atomic mass is 9.96. The highest BCUT2D eigenvalue weighted by Gasteiger charge is 2.30. The summed E-state index contributed by atoms with van der Waals surface area (Å²) in [6.45, 7) is 6.88. The number of fused-ring (bicyclic) bond motifs is 1. The van der Waals surface area contributed by atoms with Crippen LogP contribution in [-0.4, -0.2) is 17.4 Å². The van der Waals surface area contributed by atoms with Crippen LogP contribution in [-0.2, 0) is 30.4 Å². The monoisotopic (exact) mass is 398 g/mol. The maximum atomic E-state index is 12.1. The number of amides is 1. The van der Waals surface area contributed by atoms with Crippen molar-refractivity contribution in [3.05, 3.63) is 95.4 Å². The van der Waals surface area contributed by atoms with E-state index in [0.29, 0.717) is 18.5 Å². The van der Waals surface area contributed by atoms with Gasteiger partial charge in [-0.05, 0) is 58.9 Å². The molecule has 0 spiro atoms. The minimum Gasteiger partial charge on any atom is -0.335 e. The highest BCUT2D eigenvalue weighted by molar-refractivity contribution is 5.88. The molecule has 1 radical (unpaired) electrons. The second-order valence-electron chi connectivity index (χ2n) is 7.04. The maximum absolute atomic E-state index is 12.1. The minimum absolute atomic E-state index is 0.0262. The van der Waals surface area contributed by atoms with E-state index in [2.05, 4.69) is 37.3 Å². The van der Waals surface area contributed by atoms with Crippen molar-refractivity contribution < 1.29 is 18.0 Å². The lowest BCUT2D eigenvalue weighted by Gasteiger charge is -2.28. The summed E-state index contributed by atoms with van der Waals surface area (Å²) in [7, 11) is 0. The van der Waals surface area contributed by atoms with E-state index in [4.69, 9.17) is 0 Å². The van der Waals surface area contributed by atoms with E-state index in [1.807, 2.05) is 11.8 Å². The summed E-state index contributed by atoms with van der Waals surface area (Å²) >= 11 is 0. The normalized spacial score (nSPS) is 14.9. The standard InChI is InChI=1S/C15H14NO.C9H9F3/c1-2-15(17)16-8-7-12-5-6-13(11-3-4-11)9-14(12)10-16;1-2-7-4-3-5-8(6-7)9(10,11)12/h2-6,9H,1,7-8,10H2;3-6H,2H2,1H3. The Balaban J connectivity index is 0.000000177. The second-order valence-corrected chi connectivity index (χ2v) is 7.04. The van der Waals surface area contributed by atoms with Gasteiger partial charge in [-0.2, -0.15) is 13.2 Å². The van der Waals surface area contributed by atoms with Crippen molar-refractivity contribution in [3.8, 4) is 0 Å². The molecule has 1 amide bonds. The van der Waals surface area contributed by atoms with Gasteiger partial charge in [0.15, 0.2) is 0 Å². The van der Waals surface area contributed by atoms with Crippen molar-refractivity contribution >= 4 is 11.5 Å². The molecule has 2 aromatic rings. The first-order valence-corrected chi connectivity index (χ1v) is 9.56. The number of alkyl halides is 3. The average molecular weight is 398 g/mol. The van der Waals surface area contributed by atoms with Crippen molar-refractivity contribution in [1.82, 2.24) is 4.90 Å². The predicted octanol–water partition coefficient (Wildman–Crippen LogP) is 5.63. The number of hydrogen-bond donors (Lipinski definition) is 0. The van der Waals surface area contributed by atoms with E-state index >= 15 is 0 Å². The number of aryl methyl sites for hydroxylation is 1. The molecule has 0 fully saturated rings. The molecule has 0 aromatic heterocycles. The summed E-state index contributed by atoms with van der Waals surface area (Å²) in [6, 6.07) is 11.9. The van der Waals surface area contributed by atoms with Crippen LogP contribution in [0, 0.1) is 6.42 Å². The van der Waals surface area contributed by atoms with Crippen LogP contribution in [0.2, 0.25) is 0 Å². The van der Waals surface area contributed by atoms with Gasteiger partial charge in [0, 0.05) is 19.5 Å². The third-order valence-corrected chi connectivity index (χ3v) is 5.03. The molecule has 2 aliphatic rings. The lowest BCUT2D eigenvalue weighted by molar-refractivity contribution is -0.137. The minimum atomic E-state index is -4.22. The van der Waals surface area contributed by atoms with Gasteiger partial charge in [0.05, 0.1) is 5.56 Å². The Bertz CT molecular complexity index is 943. The number of nitrogens with zero attached hydrogens (tertiary/aromatic N) is 1. The Labute approximate surface area is 169 Å². The summed E-state index contributed by atoms with van der Waals surface area (Å²) in [5.74, 6) is 0.0262. The zero-order chi connectivity index (χ0) is 21.0. The van der Waals surface area contributed by atoms with Crippen LogP contribution in [0.1, 0.15) is 34.7 Å². The molecule has 0 unspecified atom stereocenters. The molecule has 2 nitrogen and oxygen atoms in total. The number of benzene rings is 2. The van der Waals surface area contributed by atoms with Crippen molar-refractivity contribution in [1.29, 1.82) is 0 Å². The van der Waals surface area contributed by atoms with Gasteiger partial charge in [-0.3, -0.25) is 4.79 Å². The number of halogens is 3. The molecular weight excluding hydrogens is 375 g/mol. The van der Waals surface area contributed by atoms with Crippen LogP contribution < -0.4 is 0 Å². The fraction of sp³-hybridized carbons (Fsp3) is 0.250. The predicted molar refractivity (Wildman–Crippen MR) is 109 cm³/mol. The second kappa shape index (κ2) is 8.68. The Morgan fingerprint density at radius 3 is 2.55 bits per heavy atom. The van der Waals surface area contributed by atoms with Gasteiger partial charge < -0.3 is 4.90 Å². The average Bonchev–Trinajstić information content (AvgIpc) is 3.57. The number of carbonyl (C=O) groups excluding carboxylic acids is 1. The van der Waals surface area contributed by atoms with Gasteiger partial charge in [0.25, 0.3) is 0 Å². The Kier molecular flexibility index (Phi) is 6.26. The van der Waals surface area contributed by atoms with Crippen LogP contribution in [0.3, 0.4) is 0 Å². The van der Waals surface area contributed by atoms with Gasteiger partial charge >= 0.3 is 6.18 Å². The number of hydrogen-bond acceptors (Lipinski definition) is 1. The summed E-state index contributed by atoms with van der Waals surface area (Å²) in [6.07, 6.45) is 2.97. The van der Waals surface area contributed by atoms with Gasteiger partial charge in [-0.1, -0.05) is 49.9 Å². The van der Waals surface area contributed by atoms with E-state index in [1.165, 1.54) is 40.5 Å². The molecule has 1 heterocycles. The van der Waals surface area contributed by atoms with Gasteiger partial charge in [-0.25, -0.2) is 0 Å². The topological polar surface area (TPSA) is 20.3 Å². The van der Waals surface area contributed by atoms with Crippen molar-refractivity contribution in [3.63, 3.8) is 0 Å². The smallest absolute Gasteiger partial charge is 0.335 e. The summed E-state index contributed by atoms with van der Waals surface area (Å²) in [5.41, 5.74) is 5.34. The first kappa shape index (κ1) is 20.9. The van der Waals surface area contributed by atoms with Crippen molar-refractivity contribution in [2.24, 2.45) is 0 Å². The summed E-state index contributed by atoms with van der Waals surface area (Å²) in [4.78, 5) is 13.4. The number of carbonyl (C=O) groups is 1. The van der Waals surface area contributed by atoms with Gasteiger partial charge in [0.2, 0.25) is 5.91 Å². The molecule has 5 heteroatoms. The molecule has 0 atom stereocenters. The summed E-state index contributed by atoms with van der Waals surface area (Å²) in [5, 5.41) is 0. The zero-order valence-electron chi connectivity index (χ0n) is 16.3. The van der Waals surface area contributed by atoms with Crippen LogP contribution in [0.5, 0.6) is 0 Å². The molecule has 2 aromatic carbocycles. The lowest BCUT2D eigenvalue weighted by Crippen LogP contribution is -2.34. The first-order chi connectivity index (χ1) is 13.8. The van der Waals surface area contributed by atoms with Crippen molar-refractivity contribution in [2.75, 3.05) is 6.54 Å². The van der Waals surface area contributed by atoms with E-state index in [1.54, 1.807) is 6.07 Å². The molecule has 0 saturated carbocycles. The van der Waals surface area contributed by atoms with Crippen LogP contribution in [0.4, 0.5) is 13.2 Å². The van der Waals surface area contributed by atoms with E-state index in [9.17, 15) is 18.0 Å². The Morgan fingerprint density at radius 1 is 1.17 bits per heavy atom. The summed E-state index contributed by atoms with van der Waals surface area (Å²) < 4.78 is 36.3. The van der Waals surface area contributed by atoms with Crippen LogP contribution in [0.15, 0.2) is 61.2 Å². The maximum Gasteiger partial charge on any atom is 0.416 e. The molecular formula is C24H23F3NO. The fourth-order valence-corrected chi connectivity index (χ4v) is 3.26. The van der Waals surface area contributed by atoms with Crippen LogP contribution >= 0.6 is 0 Å². The highest BCUT2D eigenvalue weighted by Crippen LogP contribution is 2.32. The molecule has 151 valence electrons. The third-order valence-electron chi connectivity index (χ3n) is 5.03. The van der Waals surface area contributed by atoms with Crippen molar-refractivity contribution in [2.45, 2.75) is 32.5 Å². The highest BCUT2D eigenvalue weighted by atomic mass is 19.4. The quantitative estimate of drug-likeness (QED) is 0.614. The van der Waals surface area contributed by atoms with E-state index < -0.39 is 11.7 Å². The molecule has 0 bridgehead atoms. The molecule has 1 aliphatic carbocycles. The molecule has 29 heavy (non-hydrogen) atoms. The molecule has 0 saturated heterocycles. The van der Waals surface area contributed by atoms with Gasteiger partial charge in [0.1, 0.15) is 0 Å². The third kappa shape index (κ3) is 5.37. The van der Waals surface area contributed by atoms with Crippen LogP contribution in [0.25, 0.3) is 5.57 Å². The molecule has 0 N–H and O–H groups in total.